The fraction of sp³-hybridized carbons (Fsp3) is 0.143. The van der Waals surface area contributed by atoms with Gasteiger partial charge in [-0.3, -0.25) is 4.98 Å². The molecule has 20 heavy (non-hydrogen) atoms. The van der Waals surface area contributed by atoms with Gasteiger partial charge in [0.05, 0.1) is 23.3 Å². The van der Waals surface area contributed by atoms with Gasteiger partial charge < -0.3 is 4.74 Å². The Balaban J connectivity index is 2.24. The molecule has 0 atom stereocenters. The lowest BCUT2D eigenvalue weighted by Crippen LogP contribution is -2.06. The Hall–Kier alpha value is -2.21. The Kier molecular flexibility index (Phi) is 4.14. The molecule has 2 aromatic rings. The lowest BCUT2D eigenvalue weighted by atomic mass is 10.2. The number of carbonyl (C=O) groups excluding carboxylic acids is 1. The van der Waals surface area contributed by atoms with Gasteiger partial charge in [-0.15, -0.1) is 0 Å². The van der Waals surface area contributed by atoms with Gasteiger partial charge in [-0.25, -0.2) is 13.2 Å². The molecule has 0 aliphatic rings. The van der Waals surface area contributed by atoms with E-state index in [1.165, 1.54) is 37.6 Å². The average molecular weight is 291 g/mol. The van der Waals surface area contributed by atoms with Crippen LogP contribution in [0.15, 0.2) is 53.7 Å². The second-order valence-corrected chi connectivity index (χ2v) is 6.13. The summed E-state index contributed by atoms with van der Waals surface area (Å²) in [7, 11) is -2.18. The number of esters is 1. The van der Waals surface area contributed by atoms with Crippen molar-refractivity contribution in [1.82, 2.24) is 4.98 Å². The number of hydrogen-bond acceptors (Lipinski definition) is 5. The topological polar surface area (TPSA) is 73.3 Å². The molecule has 0 N–H and O–H groups in total. The molecule has 0 unspecified atom stereocenters. The molecular formula is C14H13NO4S. The molecule has 0 fully saturated rings. The van der Waals surface area contributed by atoms with Gasteiger partial charge in [-0.05, 0) is 35.9 Å². The number of sulfone groups is 1. The maximum atomic E-state index is 12.2. The standard InChI is InChI=1S/C14H13NO4S/c1-19-14(16)12-4-6-13(7-5-12)20(17,18)10-11-3-2-8-15-9-11/h2-9H,10H2,1H3. The zero-order valence-corrected chi connectivity index (χ0v) is 11.6. The largest absolute Gasteiger partial charge is 0.465 e. The third-order valence-electron chi connectivity index (χ3n) is 2.71. The van der Waals surface area contributed by atoms with Crippen molar-refractivity contribution in [2.45, 2.75) is 10.6 Å². The van der Waals surface area contributed by atoms with Crippen molar-refractivity contribution in [1.29, 1.82) is 0 Å². The van der Waals surface area contributed by atoms with Crippen LogP contribution in [0.4, 0.5) is 0 Å². The van der Waals surface area contributed by atoms with Crippen LogP contribution >= 0.6 is 0 Å². The first-order valence-corrected chi connectivity index (χ1v) is 7.48. The molecule has 0 bridgehead atoms. The van der Waals surface area contributed by atoms with Gasteiger partial charge in [0.2, 0.25) is 0 Å². The summed E-state index contributed by atoms with van der Waals surface area (Å²) in [5.41, 5.74) is 0.928. The van der Waals surface area contributed by atoms with E-state index in [1.54, 1.807) is 18.3 Å². The van der Waals surface area contributed by atoms with Crippen molar-refractivity contribution in [2.24, 2.45) is 0 Å². The quantitative estimate of drug-likeness (QED) is 0.804. The molecule has 1 aromatic heterocycles. The predicted octanol–water partition coefficient (Wildman–Crippen LogP) is 1.84. The summed E-state index contributed by atoms with van der Waals surface area (Å²) < 4.78 is 29.0. The molecule has 104 valence electrons. The van der Waals surface area contributed by atoms with Gasteiger partial charge in [0.1, 0.15) is 0 Å². The Bertz CT molecular complexity index is 694. The third-order valence-corrected chi connectivity index (χ3v) is 4.42. The van der Waals surface area contributed by atoms with E-state index in [-0.39, 0.29) is 10.6 Å². The predicted molar refractivity (Wildman–Crippen MR) is 72.9 cm³/mol. The number of nitrogens with zero attached hydrogens (tertiary/aromatic N) is 1. The van der Waals surface area contributed by atoms with E-state index in [1.807, 2.05) is 0 Å². The second kappa shape index (κ2) is 5.83. The fourth-order valence-electron chi connectivity index (χ4n) is 1.70. The van der Waals surface area contributed by atoms with E-state index in [0.717, 1.165) is 0 Å². The summed E-state index contributed by atoms with van der Waals surface area (Å²) in [5.74, 6) is -0.625. The van der Waals surface area contributed by atoms with Crippen LogP contribution in [0.3, 0.4) is 0 Å². The highest BCUT2D eigenvalue weighted by Gasteiger charge is 2.16. The second-order valence-electron chi connectivity index (χ2n) is 4.14. The molecule has 0 saturated carbocycles. The summed E-state index contributed by atoms with van der Waals surface area (Å²) in [6, 6.07) is 9.05. The van der Waals surface area contributed by atoms with Crippen molar-refractivity contribution in [3.63, 3.8) is 0 Å². The zero-order valence-electron chi connectivity index (χ0n) is 10.8. The lowest BCUT2D eigenvalue weighted by molar-refractivity contribution is 0.0600. The smallest absolute Gasteiger partial charge is 0.337 e. The van der Waals surface area contributed by atoms with Crippen molar-refractivity contribution < 1.29 is 17.9 Å². The minimum Gasteiger partial charge on any atom is -0.465 e. The molecule has 1 aromatic carbocycles. The van der Waals surface area contributed by atoms with E-state index in [2.05, 4.69) is 9.72 Å². The first-order valence-electron chi connectivity index (χ1n) is 5.83. The Morgan fingerprint density at radius 2 is 1.90 bits per heavy atom. The maximum Gasteiger partial charge on any atom is 0.337 e. The molecular weight excluding hydrogens is 278 g/mol. The van der Waals surface area contributed by atoms with E-state index in [0.29, 0.717) is 11.1 Å². The normalized spacial score (nSPS) is 11.1. The van der Waals surface area contributed by atoms with E-state index in [9.17, 15) is 13.2 Å². The van der Waals surface area contributed by atoms with Crippen molar-refractivity contribution in [3.8, 4) is 0 Å². The zero-order chi connectivity index (χ0) is 14.6. The third kappa shape index (κ3) is 3.21. The monoisotopic (exact) mass is 291 g/mol. The number of rotatable bonds is 4. The van der Waals surface area contributed by atoms with Crippen molar-refractivity contribution >= 4 is 15.8 Å². The molecule has 0 spiro atoms. The summed E-state index contributed by atoms with van der Waals surface area (Å²) in [5, 5.41) is 0. The number of carbonyl (C=O) groups is 1. The van der Waals surface area contributed by atoms with Gasteiger partial charge in [-0.2, -0.15) is 0 Å². The van der Waals surface area contributed by atoms with Crippen LogP contribution < -0.4 is 0 Å². The molecule has 5 nitrogen and oxygen atoms in total. The van der Waals surface area contributed by atoms with Crippen LogP contribution in [0.5, 0.6) is 0 Å². The molecule has 6 heteroatoms. The van der Waals surface area contributed by atoms with E-state index >= 15 is 0 Å². The lowest BCUT2D eigenvalue weighted by Gasteiger charge is -2.05. The van der Waals surface area contributed by atoms with Crippen LogP contribution in [0.2, 0.25) is 0 Å². The fourth-order valence-corrected chi connectivity index (χ4v) is 3.03. The minimum atomic E-state index is -3.45. The van der Waals surface area contributed by atoms with Crippen molar-refractivity contribution in [2.75, 3.05) is 7.11 Å². The van der Waals surface area contributed by atoms with Gasteiger partial charge >= 0.3 is 5.97 Å². The molecule has 0 amide bonds. The van der Waals surface area contributed by atoms with Crippen LogP contribution in [0.25, 0.3) is 0 Å². The van der Waals surface area contributed by atoms with Crippen LogP contribution in [-0.4, -0.2) is 26.5 Å². The van der Waals surface area contributed by atoms with Gasteiger partial charge in [0.15, 0.2) is 9.84 Å². The number of benzene rings is 1. The Morgan fingerprint density at radius 1 is 1.20 bits per heavy atom. The summed E-state index contributed by atoms with van der Waals surface area (Å²) >= 11 is 0. The van der Waals surface area contributed by atoms with Gasteiger partial charge in [0, 0.05) is 12.4 Å². The summed E-state index contributed by atoms with van der Waals surface area (Å²) in [4.78, 5) is 15.3. The Morgan fingerprint density at radius 3 is 2.45 bits per heavy atom. The van der Waals surface area contributed by atoms with Crippen LogP contribution in [-0.2, 0) is 20.3 Å². The first kappa shape index (κ1) is 14.2. The number of pyridine rings is 1. The number of aromatic nitrogens is 1. The van der Waals surface area contributed by atoms with Crippen LogP contribution in [0, 0.1) is 0 Å². The van der Waals surface area contributed by atoms with Gasteiger partial charge in [0.25, 0.3) is 0 Å². The SMILES string of the molecule is COC(=O)c1ccc(S(=O)(=O)Cc2cccnc2)cc1. The van der Waals surface area contributed by atoms with E-state index < -0.39 is 15.8 Å². The molecule has 0 aliphatic heterocycles. The number of methoxy groups -OCH3 is 1. The van der Waals surface area contributed by atoms with Crippen LogP contribution in [0.1, 0.15) is 15.9 Å². The van der Waals surface area contributed by atoms with E-state index in [4.69, 9.17) is 0 Å². The molecule has 2 rings (SSSR count). The molecule has 1 heterocycles. The average Bonchev–Trinajstić information content (AvgIpc) is 2.47. The van der Waals surface area contributed by atoms with Crippen molar-refractivity contribution in [3.05, 3.63) is 59.9 Å². The highest BCUT2D eigenvalue weighted by molar-refractivity contribution is 7.90. The maximum absolute atomic E-state index is 12.2. The molecule has 0 radical (unpaired) electrons. The Labute approximate surface area is 117 Å². The highest BCUT2D eigenvalue weighted by atomic mass is 32.2. The molecule has 0 aliphatic carbocycles. The summed E-state index contributed by atoms with van der Waals surface area (Å²) in [6.45, 7) is 0. The number of hydrogen-bond donors (Lipinski definition) is 0. The number of ether oxygens (including phenoxy) is 1. The van der Waals surface area contributed by atoms with Gasteiger partial charge in [-0.1, -0.05) is 6.07 Å². The first-order chi connectivity index (χ1) is 9.53. The molecule has 0 saturated heterocycles. The highest BCUT2D eigenvalue weighted by Crippen LogP contribution is 2.17. The summed E-state index contributed by atoms with van der Waals surface area (Å²) in [6.07, 6.45) is 3.10. The minimum absolute atomic E-state index is 0.127.